The van der Waals surface area contributed by atoms with Gasteiger partial charge in [-0.15, -0.1) is 0 Å². The molecular formula is C78H152O17P2. The van der Waals surface area contributed by atoms with E-state index in [-0.39, 0.29) is 25.7 Å². The van der Waals surface area contributed by atoms with Crippen molar-refractivity contribution in [1.82, 2.24) is 0 Å². The Hall–Kier alpha value is -1.94. The van der Waals surface area contributed by atoms with Crippen molar-refractivity contribution in [3.8, 4) is 0 Å². The van der Waals surface area contributed by atoms with Gasteiger partial charge < -0.3 is 33.8 Å². The van der Waals surface area contributed by atoms with Crippen LogP contribution in [0.1, 0.15) is 408 Å². The summed E-state index contributed by atoms with van der Waals surface area (Å²) in [6.45, 7) is 9.55. The van der Waals surface area contributed by atoms with Crippen LogP contribution in [0, 0.1) is 11.8 Å². The molecule has 0 aliphatic rings. The molecule has 0 aliphatic carbocycles. The topological polar surface area (TPSA) is 237 Å². The smallest absolute Gasteiger partial charge is 0.462 e. The Kier molecular flexibility index (Phi) is 68.4. The lowest BCUT2D eigenvalue weighted by atomic mass is 10.00. The summed E-state index contributed by atoms with van der Waals surface area (Å²) in [7, 11) is -9.91. The summed E-state index contributed by atoms with van der Waals surface area (Å²) in [5.41, 5.74) is 0. The maximum Gasteiger partial charge on any atom is 0.472 e. The Morgan fingerprint density at radius 2 is 0.526 bits per heavy atom. The molecule has 0 amide bonds. The minimum absolute atomic E-state index is 0.103. The van der Waals surface area contributed by atoms with Crippen LogP contribution in [0.15, 0.2) is 0 Å². The van der Waals surface area contributed by atoms with Gasteiger partial charge in [0.1, 0.15) is 19.3 Å². The number of rotatable bonds is 77. The molecular weight excluding hydrogens is 1270 g/mol. The molecule has 0 aromatic carbocycles. The summed E-state index contributed by atoms with van der Waals surface area (Å²) in [6, 6.07) is 0. The molecule has 0 saturated carbocycles. The predicted octanol–water partition coefficient (Wildman–Crippen LogP) is 23.1. The highest BCUT2D eigenvalue weighted by Crippen LogP contribution is 2.45. The van der Waals surface area contributed by atoms with E-state index in [0.29, 0.717) is 25.7 Å². The monoisotopic (exact) mass is 1420 g/mol. The number of carbonyl (C=O) groups excluding carboxylic acids is 4. The molecule has 0 aromatic rings. The molecule has 0 aliphatic heterocycles. The van der Waals surface area contributed by atoms with Crippen LogP contribution >= 0.6 is 15.6 Å². The van der Waals surface area contributed by atoms with Crippen molar-refractivity contribution in [3.05, 3.63) is 0 Å². The number of hydrogen-bond donors (Lipinski definition) is 3. The molecule has 576 valence electrons. The fraction of sp³-hybridized carbons (Fsp3) is 0.949. The molecule has 97 heavy (non-hydrogen) atoms. The number of phosphoric acid groups is 2. The first-order chi connectivity index (χ1) is 46.9. The average molecular weight is 1420 g/mol. The molecule has 0 rings (SSSR count). The van der Waals surface area contributed by atoms with Gasteiger partial charge in [0.2, 0.25) is 0 Å². The van der Waals surface area contributed by atoms with Gasteiger partial charge in [-0.25, -0.2) is 9.13 Å². The lowest BCUT2D eigenvalue weighted by Gasteiger charge is -2.21. The van der Waals surface area contributed by atoms with Gasteiger partial charge >= 0.3 is 39.5 Å². The third-order valence-electron chi connectivity index (χ3n) is 18.6. The van der Waals surface area contributed by atoms with E-state index in [9.17, 15) is 43.2 Å². The number of phosphoric ester groups is 2. The van der Waals surface area contributed by atoms with E-state index in [1.165, 1.54) is 218 Å². The minimum Gasteiger partial charge on any atom is -0.462 e. The first kappa shape index (κ1) is 95.1. The number of ether oxygens (including phenoxy) is 4. The van der Waals surface area contributed by atoms with Crippen molar-refractivity contribution < 1.29 is 80.2 Å². The van der Waals surface area contributed by atoms with Crippen LogP contribution in [0.25, 0.3) is 0 Å². The second-order valence-electron chi connectivity index (χ2n) is 28.8. The normalized spacial score (nSPS) is 14.2. The molecule has 19 heteroatoms. The molecule has 0 saturated heterocycles. The minimum atomic E-state index is -4.96. The van der Waals surface area contributed by atoms with Crippen molar-refractivity contribution >= 4 is 39.5 Å². The summed E-state index contributed by atoms with van der Waals surface area (Å²) in [6.07, 6.45) is 58.6. The second-order valence-corrected chi connectivity index (χ2v) is 31.7. The Morgan fingerprint density at radius 3 is 0.784 bits per heavy atom. The SMILES string of the molecule is CCCCCCCCCCCCCCCCCCCCCCCCC(=O)O[C@H](COC(=O)CCCCCCCCCCCCCCCCC(C)C)COP(=O)(O)OC[C@@H](O)COP(=O)(O)OC[C@@H](COC(=O)CCCCCCCCCC)OC(=O)CCCCCCCCC(C)CC. The van der Waals surface area contributed by atoms with E-state index in [1.807, 2.05) is 0 Å². The van der Waals surface area contributed by atoms with Gasteiger partial charge in [-0.1, -0.05) is 356 Å². The summed E-state index contributed by atoms with van der Waals surface area (Å²) in [5.74, 6) is -0.601. The number of esters is 4. The number of aliphatic hydroxyl groups is 1. The predicted molar refractivity (Wildman–Crippen MR) is 395 cm³/mol. The van der Waals surface area contributed by atoms with Gasteiger partial charge in [-0.2, -0.15) is 0 Å². The lowest BCUT2D eigenvalue weighted by Crippen LogP contribution is -2.30. The lowest BCUT2D eigenvalue weighted by molar-refractivity contribution is -0.161. The van der Waals surface area contributed by atoms with Crippen LogP contribution < -0.4 is 0 Å². The van der Waals surface area contributed by atoms with Crippen molar-refractivity contribution in [1.29, 1.82) is 0 Å². The van der Waals surface area contributed by atoms with E-state index >= 15 is 0 Å². The quantitative estimate of drug-likeness (QED) is 0.0222. The molecule has 0 radical (unpaired) electrons. The Morgan fingerprint density at radius 1 is 0.299 bits per heavy atom. The molecule has 6 atom stereocenters. The molecule has 0 fully saturated rings. The van der Waals surface area contributed by atoms with Crippen LogP contribution in [-0.4, -0.2) is 96.7 Å². The third kappa shape index (κ3) is 70.9. The van der Waals surface area contributed by atoms with E-state index in [0.717, 1.165) is 108 Å². The van der Waals surface area contributed by atoms with Crippen LogP contribution in [0.3, 0.4) is 0 Å². The third-order valence-corrected chi connectivity index (χ3v) is 20.5. The van der Waals surface area contributed by atoms with Gasteiger partial charge in [0, 0.05) is 25.7 Å². The van der Waals surface area contributed by atoms with Crippen molar-refractivity contribution in [2.75, 3.05) is 39.6 Å². The zero-order chi connectivity index (χ0) is 71.4. The van der Waals surface area contributed by atoms with Gasteiger partial charge in [-0.05, 0) is 37.5 Å². The van der Waals surface area contributed by atoms with Crippen molar-refractivity contribution in [3.63, 3.8) is 0 Å². The van der Waals surface area contributed by atoms with E-state index < -0.39 is 97.5 Å². The molecule has 3 unspecified atom stereocenters. The average Bonchev–Trinajstić information content (AvgIpc) is 1.58. The maximum absolute atomic E-state index is 13.1. The zero-order valence-electron chi connectivity index (χ0n) is 63.4. The van der Waals surface area contributed by atoms with E-state index in [4.69, 9.17) is 37.0 Å². The molecule has 0 spiro atoms. The van der Waals surface area contributed by atoms with E-state index in [1.54, 1.807) is 0 Å². The van der Waals surface area contributed by atoms with Crippen molar-refractivity contribution in [2.24, 2.45) is 11.8 Å². The van der Waals surface area contributed by atoms with Crippen LogP contribution in [0.2, 0.25) is 0 Å². The molecule has 3 N–H and O–H groups in total. The molecule has 0 aromatic heterocycles. The zero-order valence-corrected chi connectivity index (χ0v) is 65.2. The van der Waals surface area contributed by atoms with E-state index in [2.05, 4.69) is 41.5 Å². The summed E-state index contributed by atoms with van der Waals surface area (Å²) < 4.78 is 68.5. The standard InChI is InChI=1S/C78H152O17P2/c1-7-10-12-14-16-18-19-20-21-22-23-24-25-26-27-28-33-36-39-43-50-56-62-77(82)94-73(66-89-76(81)61-55-49-42-38-35-32-30-29-31-34-37-40-46-52-58-70(4)5)68-92-96(84,85)90-64-72(79)65-91-97(86,87)93-69-74(67-88-75(80)60-54-48-41-17-15-13-11-8-2)95-78(83)63-57-51-45-44-47-53-59-71(6)9-3/h70-74,79H,7-69H2,1-6H3,(H,84,85)(H,86,87)/t71?,72-,73-,74-/m1/s1. The Balaban J connectivity index is 5.16. The highest BCUT2D eigenvalue weighted by atomic mass is 31.2. The van der Waals surface area contributed by atoms with Crippen LogP contribution in [0.4, 0.5) is 0 Å². The second kappa shape index (κ2) is 69.8. The van der Waals surface area contributed by atoms with Gasteiger partial charge in [0.05, 0.1) is 26.4 Å². The fourth-order valence-electron chi connectivity index (χ4n) is 12.0. The van der Waals surface area contributed by atoms with Crippen LogP contribution in [-0.2, 0) is 65.4 Å². The summed E-state index contributed by atoms with van der Waals surface area (Å²) >= 11 is 0. The first-order valence-corrected chi connectivity index (χ1v) is 43.5. The van der Waals surface area contributed by atoms with Crippen molar-refractivity contribution in [2.45, 2.75) is 426 Å². The number of hydrogen-bond acceptors (Lipinski definition) is 15. The highest BCUT2D eigenvalue weighted by Gasteiger charge is 2.30. The molecule has 0 heterocycles. The Labute approximate surface area is 594 Å². The molecule has 0 bridgehead atoms. The van der Waals surface area contributed by atoms with Gasteiger partial charge in [0.25, 0.3) is 0 Å². The van der Waals surface area contributed by atoms with Gasteiger partial charge in [0.15, 0.2) is 12.2 Å². The maximum atomic E-state index is 13.1. The number of carbonyl (C=O) groups is 4. The largest absolute Gasteiger partial charge is 0.472 e. The van der Waals surface area contributed by atoms with Gasteiger partial charge in [-0.3, -0.25) is 37.3 Å². The molecule has 17 nitrogen and oxygen atoms in total. The first-order valence-electron chi connectivity index (χ1n) is 40.5. The fourth-order valence-corrected chi connectivity index (χ4v) is 13.6. The summed E-state index contributed by atoms with van der Waals surface area (Å²) in [5, 5.41) is 10.6. The Bertz CT molecular complexity index is 1870. The highest BCUT2D eigenvalue weighted by molar-refractivity contribution is 7.47. The number of unbranched alkanes of at least 4 members (excludes halogenated alkanes) is 46. The number of aliphatic hydroxyl groups excluding tert-OH is 1. The van der Waals surface area contributed by atoms with Crippen LogP contribution in [0.5, 0.6) is 0 Å². The summed E-state index contributed by atoms with van der Waals surface area (Å²) in [4.78, 5) is 72.7.